The quantitative estimate of drug-likeness (QED) is 0.770. The molecule has 0 fully saturated rings. The molecule has 6 heteroatoms. The van der Waals surface area contributed by atoms with Crippen LogP contribution >= 0.6 is 0 Å². The maximum absolute atomic E-state index is 6.01. The fourth-order valence-corrected chi connectivity index (χ4v) is 2.26. The first-order valence-electron chi connectivity index (χ1n) is 6.74. The number of aromatic amines is 1. The number of nitrogens with zero attached hydrogens (tertiary/aromatic N) is 3. The fraction of sp³-hybridized carbons (Fsp3) is 0.200. The van der Waals surface area contributed by atoms with Crippen molar-refractivity contribution in [1.29, 1.82) is 0 Å². The van der Waals surface area contributed by atoms with Gasteiger partial charge in [-0.05, 0) is 24.6 Å². The van der Waals surface area contributed by atoms with Gasteiger partial charge in [-0.1, -0.05) is 12.1 Å². The zero-order chi connectivity index (χ0) is 14.8. The molecule has 1 aromatic carbocycles. The first-order valence-corrected chi connectivity index (χ1v) is 6.74. The number of hydrogen-bond acceptors (Lipinski definition) is 4. The molecule has 0 bridgehead atoms. The van der Waals surface area contributed by atoms with Gasteiger partial charge in [-0.3, -0.25) is 5.10 Å². The lowest BCUT2D eigenvalue weighted by molar-refractivity contribution is 0.340. The molecule has 3 aromatic rings. The van der Waals surface area contributed by atoms with Gasteiger partial charge in [0.05, 0.1) is 24.2 Å². The van der Waals surface area contributed by atoms with Crippen LogP contribution in [0.3, 0.4) is 0 Å². The van der Waals surface area contributed by atoms with Crippen molar-refractivity contribution in [1.82, 2.24) is 19.7 Å². The smallest absolute Gasteiger partial charge is 0.153 e. The van der Waals surface area contributed by atoms with Crippen molar-refractivity contribution in [2.24, 2.45) is 7.05 Å². The molecule has 0 atom stereocenters. The molecule has 6 nitrogen and oxygen atoms in total. The zero-order valence-corrected chi connectivity index (χ0v) is 12.0. The summed E-state index contributed by atoms with van der Waals surface area (Å²) in [5.41, 5.74) is 9.47. The van der Waals surface area contributed by atoms with Crippen LogP contribution in [0.25, 0.3) is 22.5 Å². The molecule has 0 radical (unpaired) electrons. The van der Waals surface area contributed by atoms with E-state index in [1.54, 1.807) is 6.33 Å². The monoisotopic (exact) mass is 283 g/mol. The van der Waals surface area contributed by atoms with Gasteiger partial charge in [-0.25, -0.2) is 4.98 Å². The number of hydrogen-bond donors (Lipinski definition) is 2. The topological polar surface area (TPSA) is 81.8 Å². The molecule has 3 N–H and O–H groups in total. The van der Waals surface area contributed by atoms with Gasteiger partial charge in [-0.15, -0.1) is 0 Å². The highest BCUT2D eigenvalue weighted by molar-refractivity contribution is 5.86. The van der Waals surface area contributed by atoms with E-state index in [1.165, 1.54) is 0 Å². The number of rotatable bonds is 4. The summed E-state index contributed by atoms with van der Waals surface area (Å²) in [5.74, 6) is 1.29. The Morgan fingerprint density at radius 1 is 1.29 bits per heavy atom. The summed E-state index contributed by atoms with van der Waals surface area (Å²) in [6.45, 7) is 2.60. The number of nitrogens with one attached hydrogen (secondary N) is 1. The number of nitrogens with two attached hydrogens (primary N) is 1. The minimum absolute atomic E-state index is 0.458. The van der Waals surface area contributed by atoms with Crippen LogP contribution in [0.2, 0.25) is 0 Å². The van der Waals surface area contributed by atoms with E-state index in [2.05, 4.69) is 15.2 Å². The van der Waals surface area contributed by atoms with Gasteiger partial charge < -0.3 is 15.0 Å². The van der Waals surface area contributed by atoms with Crippen molar-refractivity contribution >= 4 is 5.82 Å². The van der Waals surface area contributed by atoms with Crippen molar-refractivity contribution in [3.8, 4) is 28.3 Å². The number of aryl methyl sites for hydroxylation is 1. The Labute approximate surface area is 122 Å². The molecule has 2 aromatic heterocycles. The number of imidazole rings is 1. The molecule has 0 unspecified atom stereocenters. The Kier molecular flexibility index (Phi) is 3.35. The van der Waals surface area contributed by atoms with Crippen molar-refractivity contribution in [2.75, 3.05) is 12.3 Å². The Balaban J connectivity index is 2.04. The van der Waals surface area contributed by atoms with Crippen LogP contribution < -0.4 is 10.5 Å². The Bertz CT molecular complexity index is 742. The molecule has 0 spiro atoms. The zero-order valence-electron chi connectivity index (χ0n) is 12.0. The Hall–Kier alpha value is -2.76. The lowest BCUT2D eigenvalue weighted by Gasteiger charge is -2.06. The number of anilines is 1. The molecule has 21 heavy (non-hydrogen) atoms. The minimum atomic E-state index is 0.458. The lowest BCUT2D eigenvalue weighted by atomic mass is 10.0. The van der Waals surface area contributed by atoms with E-state index >= 15 is 0 Å². The van der Waals surface area contributed by atoms with Gasteiger partial charge in [0.2, 0.25) is 0 Å². The Morgan fingerprint density at radius 3 is 2.67 bits per heavy atom. The number of benzene rings is 1. The van der Waals surface area contributed by atoms with Crippen LogP contribution in [0.4, 0.5) is 5.82 Å². The second-order valence-corrected chi connectivity index (χ2v) is 4.74. The van der Waals surface area contributed by atoms with E-state index in [0.717, 1.165) is 28.3 Å². The summed E-state index contributed by atoms with van der Waals surface area (Å²) in [5, 5.41) is 7.07. The van der Waals surface area contributed by atoms with Crippen LogP contribution in [-0.4, -0.2) is 26.4 Å². The van der Waals surface area contributed by atoms with Crippen molar-refractivity contribution in [2.45, 2.75) is 6.92 Å². The second-order valence-electron chi connectivity index (χ2n) is 4.74. The number of ether oxygens (including phenoxy) is 1. The molecular formula is C15H17N5O. The third kappa shape index (κ3) is 2.47. The summed E-state index contributed by atoms with van der Waals surface area (Å²) < 4.78 is 7.34. The fourth-order valence-electron chi connectivity index (χ4n) is 2.26. The van der Waals surface area contributed by atoms with E-state index in [0.29, 0.717) is 12.4 Å². The minimum Gasteiger partial charge on any atom is -0.494 e. The predicted octanol–water partition coefficient (Wildman–Crippen LogP) is 2.46. The molecule has 0 aliphatic carbocycles. The standard InChI is InChI=1S/C15H17N5O/c1-3-21-11-6-4-10(5-7-11)13-14(18-19-15(13)16)12-8-20(2)9-17-12/h4-9H,3H2,1-2H3,(H3,16,18,19). The van der Waals surface area contributed by atoms with E-state index < -0.39 is 0 Å². The number of aromatic nitrogens is 4. The van der Waals surface area contributed by atoms with E-state index in [4.69, 9.17) is 10.5 Å². The molecule has 108 valence electrons. The average molecular weight is 283 g/mol. The van der Waals surface area contributed by atoms with E-state index in [9.17, 15) is 0 Å². The summed E-state index contributed by atoms with van der Waals surface area (Å²) in [6, 6.07) is 7.79. The van der Waals surface area contributed by atoms with Crippen LogP contribution in [0, 0.1) is 0 Å². The lowest BCUT2D eigenvalue weighted by Crippen LogP contribution is -1.92. The highest BCUT2D eigenvalue weighted by Gasteiger charge is 2.16. The molecule has 0 amide bonds. The maximum Gasteiger partial charge on any atom is 0.153 e. The largest absolute Gasteiger partial charge is 0.494 e. The Morgan fingerprint density at radius 2 is 2.05 bits per heavy atom. The summed E-state index contributed by atoms with van der Waals surface area (Å²) in [6.07, 6.45) is 3.67. The van der Waals surface area contributed by atoms with Crippen LogP contribution in [0.1, 0.15) is 6.92 Å². The van der Waals surface area contributed by atoms with Crippen LogP contribution in [-0.2, 0) is 7.05 Å². The van der Waals surface area contributed by atoms with Gasteiger partial charge in [0.25, 0.3) is 0 Å². The highest BCUT2D eigenvalue weighted by Crippen LogP contribution is 2.34. The maximum atomic E-state index is 6.01. The van der Waals surface area contributed by atoms with Crippen LogP contribution in [0.15, 0.2) is 36.8 Å². The molecular weight excluding hydrogens is 266 g/mol. The van der Waals surface area contributed by atoms with Gasteiger partial charge in [0.1, 0.15) is 11.4 Å². The van der Waals surface area contributed by atoms with E-state index in [1.807, 2.05) is 49.0 Å². The normalized spacial score (nSPS) is 10.8. The van der Waals surface area contributed by atoms with Crippen molar-refractivity contribution in [3.05, 3.63) is 36.8 Å². The van der Waals surface area contributed by atoms with Crippen molar-refractivity contribution in [3.63, 3.8) is 0 Å². The van der Waals surface area contributed by atoms with Gasteiger partial charge in [-0.2, -0.15) is 5.10 Å². The molecule has 0 saturated heterocycles. The average Bonchev–Trinajstić information content (AvgIpc) is 3.06. The first kappa shape index (κ1) is 13.2. The predicted molar refractivity (Wildman–Crippen MR) is 81.8 cm³/mol. The molecule has 0 saturated carbocycles. The van der Waals surface area contributed by atoms with Crippen molar-refractivity contribution < 1.29 is 4.74 Å². The second kappa shape index (κ2) is 5.32. The molecule has 3 rings (SSSR count). The highest BCUT2D eigenvalue weighted by atomic mass is 16.5. The van der Waals surface area contributed by atoms with E-state index in [-0.39, 0.29) is 0 Å². The summed E-state index contributed by atoms with van der Waals surface area (Å²) in [7, 11) is 1.92. The van der Waals surface area contributed by atoms with Gasteiger partial charge >= 0.3 is 0 Å². The van der Waals surface area contributed by atoms with Gasteiger partial charge in [0.15, 0.2) is 5.82 Å². The third-order valence-corrected chi connectivity index (χ3v) is 3.21. The molecule has 0 aliphatic heterocycles. The SMILES string of the molecule is CCOc1ccc(-c2c(N)n[nH]c2-c2cn(C)cn2)cc1. The third-order valence-electron chi connectivity index (χ3n) is 3.21. The first-order chi connectivity index (χ1) is 10.2. The summed E-state index contributed by atoms with van der Waals surface area (Å²) >= 11 is 0. The summed E-state index contributed by atoms with van der Waals surface area (Å²) in [4.78, 5) is 4.34. The number of H-pyrrole nitrogens is 1. The molecule has 0 aliphatic rings. The number of nitrogen functional groups attached to an aromatic ring is 1. The van der Waals surface area contributed by atoms with Gasteiger partial charge in [0, 0.05) is 13.2 Å². The van der Waals surface area contributed by atoms with Crippen LogP contribution in [0.5, 0.6) is 5.75 Å². The molecule has 2 heterocycles.